The molecule has 2 heteroatoms. The number of nitrogens with two attached hydrogens (primary N) is 1. The topological polar surface area (TPSA) is 38.9 Å². The van der Waals surface area contributed by atoms with E-state index in [1.807, 2.05) is 0 Å². The fourth-order valence-electron chi connectivity index (χ4n) is 2.58. The van der Waals surface area contributed by atoms with Crippen molar-refractivity contribution in [3.05, 3.63) is 58.3 Å². The molecule has 0 fully saturated rings. The average Bonchev–Trinajstić information content (AvgIpc) is 2.46. The van der Waals surface area contributed by atoms with Gasteiger partial charge in [0.1, 0.15) is 5.82 Å². The van der Waals surface area contributed by atoms with Crippen LogP contribution in [0, 0.1) is 13.8 Å². The van der Waals surface area contributed by atoms with Crippen molar-refractivity contribution in [1.82, 2.24) is 4.98 Å². The maximum absolute atomic E-state index is 6.07. The van der Waals surface area contributed by atoms with Gasteiger partial charge >= 0.3 is 0 Å². The van der Waals surface area contributed by atoms with Crippen LogP contribution >= 0.6 is 0 Å². The molecule has 112 valence electrons. The van der Waals surface area contributed by atoms with Gasteiger partial charge in [-0.2, -0.15) is 0 Å². The molecule has 0 saturated carbocycles. The Morgan fingerprint density at radius 3 is 2.38 bits per heavy atom. The number of unbranched alkanes of at least 4 members (excludes halogenated alkanes) is 2. The van der Waals surface area contributed by atoms with Crippen LogP contribution < -0.4 is 5.73 Å². The minimum absolute atomic E-state index is 0.705. The van der Waals surface area contributed by atoms with E-state index >= 15 is 0 Å². The first-order valence-electron chi connectivity index (χ1n) is 7.90. The molecule has 0 saturated heterocycles. The van der Waals surface area contributed by atoms with Crippen LogP contribution in [-0.4, -0.2) is 4.98 Å². The fourth-order valence-corrected chi connectivity index (χ4v) is 2.58. The monoisotopic (exact) mass is 282 g/mol. The Labute approximate surface area is 128 Å². The van der Waals surface area contributed by atoms with Crippen molar-refractivity contribution in [1.29, 1.82) is 0 Å². The smallest absolute Gasteiger partial charge is 0.126 e. The first kappa shape index (κ1) is 15.6. The zero-order chi connectivity index (χ0) is 15.2. The van der Waals surface area contributed by atoms with E-state index in [0.717, 1.165) is 18.5 Å². The van der Waals surface area contributed by atoms with E-state index in [1.54, 1.807) is 0 Å². The Balaban J connectivity index is 2.18. The molecule has 0 unspecified atom stereocenters. The molecule has 0 aliphatic rings. The number of aryl methyl sites for hydroxylation is 3. The largest absolute Gasteiger partial charge is 0.383 e. The molecule has 0 spiro atoms. The van der Waals surface area contributed by atoms with Crippen molar-refractivity contribution in [2.45, 2.75) is 52.9 Å². The second kappa shape index (κ2) is 7.26. The summed E-state index contributed by atoms with van der Waals surface area (Å²) in [6.07, 6.45) is 5.64. The number of nitrogens with zero attached hydrogens (tertiary/aromatic N) is 1. The number of anilines is 1. The Kier molecular flexibility index (Phi) is 5.38. The molecule has 0 radical (unpaired) electrons. The van der Waals surface area contributed by atoms with Crippen LogP contribution in [0.25, 0.3) is 0 Å². The average molecular weight is 282 g/mol. The van der Waals surface area contributed by atoms with Gasteiger partial charge in [0.15, 0.2) is 0 Å². The highest BCUT2D eigenvalue weighted by Crippen LogP contribution is 2.20. The van der Waals surface area contributed by atoms with Gasteiger partial charge in [0.25, 0.3) is 0 Å². The summed E-state index contributed by atoms with van der Waals surface area (Å²) in [4.78, 5) is 4.54. The van der Waals surface area contributed by atoms with Gasteiger partial charge in [0, 0.05) is 5.69 Å². The van der Waals surface area contributed by atoms with E-state index in [2.05, 4.69) is 56.1 Å². The lowest BCUT2D eigenvalue weighted by molar-refractivity contribution is 0.716. The predicted molar refractivity (Wildman–Crippen MR) is 90.6 cm³/mol. The molecule has 21 heavy (non-hydrogen) atoms. The molecule has 1 aromatic carbocycles. The maximum Gasteiger partial charge on any atom is 0.126 e. The first-order chi connectivity index (χ1) is 10.1. The van der Waals surface area contributed by atoms with E-state index in [0.29, 0.717) is 5.82 Å². The summed E-state index contributed by atoms with van der Waals surface area (Å²) >= 11 is 0. The van der Waals surface area contributed by atoms with Crippen molar-refractivity contribution in [2.24, 2.45) is 0 Å². The quantitative estimate of drug-likeness (QED) is 0.786. The molecule has 1 heterocycles. The number of aromatic nitrogens is 1. The van der Waals surface area contributed by atoms with Gasteiger partial charge in [0.05, 0.1) is 0 Å². The minimum atomic E-state index is 0.705. The van der Waals surface area contributed by atoms with E-state index in [1.165, 1.54) is 41.5 Å². The van der Waals surface area contributed by atoms with E-state index in [9.17, 15) is 0 Å². The van der Waals surface area contributed by atoms with Gasteiger partial charge in [-0.3, -0.25) is 0 Å². The predicted octanol–water partition coefficient (Wildman–Crippen LogP) is 4.60. The van der Waals surface area contributed by atoms with Crippen LogP contribution in [0.5, 0.6) is 0 Å². The second-order valence-electron chi connectivity index (χ2n) is 5.90. The number of rotatable bonds is 6. The zero-order valence-electron chi connectivity index (χ0n) is 13.4. The molecule has 0 amide bonds. The van der Waals surface area contributed by atoms with E-state index in [-0.39, 0.29) is 0 Å². The van der Waals surface area contributed by atoms with E-state index < -0.39 is 0 Å². The molecule has 0 atom stereocenters. The minimum Gasteiger partial charge on any atom is -0.383 e. The third kappa shape index (κ3) is 4.32. The van der Waals surface area contributed by atoms with Gasteiger partial charge in [-0.1, -0.05) is 55.7 Å². The van der Waals surface area contributed by atoms with Crippen molar-refractivity contribution >= 4 is 5.82 Å². The van der Waals surface area contributed by atoms with Crippen molar-refractivity contribution in [2.75, 3.05) is 5.73 Å². The molecule has 2 aromatic rings. The Morgan fingerprint density at radius 2 is 1.71 bits per heavy atom. The molecule has 0 aliphatic carbocycles. The van der Waals surface area contributed by atoms with Gasteiger partial charge in [-0.25, -0.2) is 4.98 Å². The van der Waals surface area contributed by atoms with Crippen LogP contribution in [0.4, 0.5) is 5.82 Å². The molecular formula is C19H26N2. The van der Waals surface area contributed by atoms with Crippen LogP contribution in [0.1, 0.15) is 54.1 Å². The Bertz CT molecular complexity index is 585. The van der Waals surface area contributed by atoms with Gasteiger partial charge in [-0.05, 0) is 49.8 Å². The number of hydrogen-bond acceptors (Lipinski definition) is 2. The van der Waals surface area contributed by atoms with Crippen LogP contribution in [0.15, 0.2) is 30.3 Å². The third-order valence-corrected chi connectivity index (χ3v) is 4.00. The lowest BCUT2D eigenvalue weighted by atomic mass is 9.99. The summed E-state index contributed by atoms with van der Waals surface area (Å²) in [7, 11) is 0. The number of nitrogen functional groups attached to an aromatic ring is 1. The summed E-state index contributed by atoms with van der Waals surface area (Å²) in [5.74, 6) is 0.705. The highest BCUT2D eigenvalue weighted by atomic mass is 14.8. The van der Waals surface area contributed by atoms with Gasteiger partial charge < -0.3 is 5.73 Å². The number of benzene rings is 1. The summed E-state index contributed by atoms with van der Waals surface area (Å²) in [5.41, 5.74) is 12.2. The van der Waals surface area contributed by atoms with Gasteiger partial charge in [-0.15, -0.1) is 0 Å². The molecular weight excluding hydrogens is 256 g/mol. The number of hydrogen-bond donors (Lipinski definition) is 1. The molecule has 2 nitrogen and oxygen atoms in total. The van der Waals surface area contributed by atoms with Gasteiger partial charge in [0.2, 0.25) is 0 Å². The number of pyridine rings is 1. The SMILES string of the molecule is CCCCCc1cc(Cc2ccc(C)cc2)c(C)nc1N. The zero-order valence-corrected chi connectivity index (χ0v) is 13.4. The van der Waals surface area contributed by atoms with Crippen LogP contribution in [0.2, 0.25) is 0 Å². The summed E-state index contributed by atoms with van der Waals surface area (Å²) < 4.78 is 0. The van der Waals surface area contributed by atoms with Crippen LogP contribution in [0.3, 0.4) is 0 Å². The highest BCUT2D eigenvalue weighted by Gasteiger charge is 2.08. The van der Waals surface area contributed by atoms with Crippen molar-refractivity contribution in [3.63, 3.8) is 0 Å². The molecule has 2 rings (SSSR count). The summed E-state index contributed by atoms with van der Waals surface area (Å²) in [6, 6.07) is 11.0. The molecule has 0 bridgehead atoms. The summed E-state index contributed by atoms with van der Waals surface area (Å²) in [5, 5.41) is 0. The van der Waals surface area contributed by atoms with E-state index in [4.69, 9.17) is 5.73 Å². The molecule has 2 N–H and O–H groups in total. The Morgan fingerprint density at radius 1 is 1.00 bits per heavy atom. The van der Waals surface area contributed by atoms with Crippen LogP contribution in [-0.2, 0) is 12.8 Å². The fraction of sp³-hybridized carbons (Fsp3) is 0.421. The normalized spacial score (nSPS) is 10.8. The maximum atomic E-state index is 6.07. The molecule has 0 aliphatic heterocycles. The van der Waals surface area contributed by atoms with Crippen molar-refractivity contribution in [3.8, 4) is 0 Å². The summed E-state index contributed by atoms with van der Waals surface area (Å²) in [6.45, 7) is 6.39. The molecule has 1 aromatic heterocycles. The lowest BCUT2D eigenvalue weighted by Gasteiger charge is -2.11. The Hall–Kier alpha value is -1.83. The first-order valence-corrected chi connectivity index (χ1v) is 7.90. The second-order valence-corrected chi connectivity index (χ2v) is 5.90. The highest BCUT2D eigenvalue weighted by molar-refractivity contribution is 5.45. The third-order valence-electron chi connectivity index (χ3n) is 4.00. The lowest BCUT2D eigenvalue weighted by Crippen LogP contribution is -2.04. The van der Waals surface area contributed by atoms with Crippen molar-refractivity contribution < 1.29 is 0 Å². The standard InChI is InChI=1S/C19H26N2/c1-4-5-6-7-17-13-18(15(3)21-19(17)20)12-16-10-8-14(2)9-11-16/h8-11,13H,4-7,12H2,1-3H3,(H2,20,21).